The molecule has 0 amide bonds. The molecule has 0 fully saturated rings. The van der Waals surface area contributed by atoms with Gasteiger partial charge in [0.25, 0.3) is 0 Å². The molecule has 0 unspecified atom stereocenters. The lowest BCUT2D eigenvalue weighted by molar-refractivity contribution is 0.446. The summed E-state index contributed by atoms with van der Waals surface area (Å²) in [6.45, 7) is 5.72. The third kappa shape index (κ3) is 6.51. The van der Waals surface area contributed by atoms with Crippen molar-refractivity contribution in [2.75, 3.05) is 25.1 Å². The fraction of sp³-hybridized carbons (Fsp3) is 0.889. The second kappa shape index (κ2) is 6.33. The lowest BCUT2D eigenvalue weighted by Gasteiger charge is -2.15. The SMILES string of the molecule is CSCCCNCC(C)(C)C#N. The molecule has 0 radical (unpaired) electrons. The van der Waals surface area contributed by atoms with Gasteiger partial charge < -0.3 is 5.32 Å². The molecule has 0 saturated carbocycles. The van der Waals surface area contributed by atoms with E-state index < -0.39 is 0 Å². The van der Waals surface area contributed by atoms with Gasteiger partial charge in [0.15, 0.2) is 0 Å². The normalized spacial score (nSPS) is 11.2. The summed E-state index contributed by atoms with van der Waals surface area (Å²) in [6, 6.07) is 2.26. The van der Waals surface area contributed by atoms with Crippen molar-refractivity contribution in [2.24, 2.45) is 5.41 Å². The van der Waals surface area contributed by atoms with Gasteiger partial charge in [0, 0.05) is 6.54 Å². The van der Waals surface area contributed by atoms with E-state index >= 15 is 0 Å². The van der Waals surface area contributed by atoms with Gasteiger partial charge in [0.05, 0.1) is 11.5 Å². The molecule has 0 aromatic carbocycles. The van der Waals surface area contributed by atoms with Gasteiger partial charge in [-0.15, -0.1) is 0 Å². The number of nitriles is 1. The zero-order valence-electron chi connectivity index (χ0n) is 8.18. The Labute approximate surface area is 79.7 Å². The van der Waals surface area contributed by atoms with Crippen molar-refractivity contribution in [3.05, 3.63) is 0 Å². The smallest absolute Gasteiger partial charge is 0.0697 e. The molecule has 0 aliphatic heterocycles. The zero-order chi connectivity index (χ0) is 9.45. The highest BCUT2D eigenvalue weighted by molar-refractivity contribution is 7.98. The summed E-state index contributed by atoms with van der Waals surface area (Å²) in [5, 5.41) is 12.0. The van der Waals surface area contributed by atoms with Gasteiger partial charge in [-0.2, -0.15) is 17.0 Å². The van der Waals surface area contributed by atoms with Crippen LogP contribution in [0, 0.1) is 16.7 Å². The van der Waals surface area contributed by atoms with Gasteiger partial charge >= 0.3 is 0 Å². The molecule has 0 aliphatic carbocycles. The van der Waals surface area contributed by atoms with E-state index in [0.717, 1.165) is 13.1 Å². The minimum Gasteiger partial charge on any atom is -0.315 e. The molecule has 3 heteroatoms. The summed E-state index contributed by atoms with van der Waals surface area (Å²) < 4.78 is 0. The Morgan fingerprint density at radius 2 is 2.17 bits per heavy atom. The minimum atomic E-state index is -0.223. The average Bonchev–Trinajstić information content (AvgIpc) is 2.04. The molecule has 0 heterocycles. The van der Waals surface area contributed by atoms with Crippen LogP contribution in [0.4, 0.5) is 0 Å². The van der Waals surface area contributed by atoms with Crippen molar-refractivity contribution < 1.29 is 0 Å². The summed E-state index contributed by atoms with van der Waals surface area (Å²) in [4.78, 5) is 0. The van der Waals surface area contributed by atoms with Crippen LogP contribution in [0.15, 0.2) is 0 Å². The fourth-order valence-electron chi connectivity index (χ4n) is 0.782. The molecule has 2 nitrogen and oxygen atoms in total. The van der Waals surface area contributed by atoms with Gasteiger partial charge in [-0.25, -0.2) is 0 Å². The number of hydrogen-bond donors (Lipinski definition) is 1. The largest absolute Gasteiger partial charge is 0.315 e. The van der Waals surface area contributed by atoms with Gasteiger partial charge in [-0.05, 0) is 38.8 Å². The van der Waals surface area contributed by atoms with E-state index in [1.54, 1.807) is 0 Å². The van der Waals surface area contributed by atoms with Crippen LogP contribution < -0.4 is 5.32 Å². The second-order valence-electron chi connectivity index (χ2n) is 3.52. The van der Waals surface area contributed by atoms with Gasteiger partial charge in [0.1, 0.15) is 0 Å². The molecule has 0 aliphatic rings. The Morgan fingerprint density at radius 1 is 1.50 bits per heavy atom. The fourth-order valence-corrected chi connectivity index (χ4v) is 1.21. The van der Waals surface area contributed by atoms with Crippen LogP contribution in [0.1, 0.15) is 20.3 Å². The highest BCUT2D eigenvalue weighted by Crippen LogP contribution is 2.10. The van der Waals surface area contributed by atoms with Crippen molar-refractivity contribution in [1.82, 2.24) is 5.32 Å². The molecular formula is C9H18N2S. The summed E-state index contributed by atoms with van der Waals surface area (Å²) >= 11 is 1.86. The van der Waals surface area contributed by atoms with Crippen LogP contribution in [0.5, 0.6) is 0 Å². The average molecular weight is 186 g/mol. The van der Waals surface area contributed by atoms with Crippen molar-refractivity contribution in [3.8, 4) is 6.07 Å². The van der Waals surface area contributed by atoms with Crippen LogP contribution in [0.25, 0.3) is 0 Å². The Kier molecular flexibility index (Phi) is 6.23. The molecule has 0 spiro atoms. The van der Waals surface area contributed by atoms with Crippen LogP contribution in [-0.2, 0) is 0 Å². The van der Waals surface area contributed by atoms with E-state index in [-0.39, 0.29) is 5.41 Å². The summed E-state index contributed by atoms with van der Waals surface area (Å²) in [6.07, 6.45) is 3.29. The maximum atomic E-state index is 8.70. The molecule has 0 aromatic rings. The maximum Gasteiger partial charge on any atom is 0.0697 e. The zero-order valence-corrected chi connectivity index (χ0v) is 9.00. The van der Waals surface area contributed by atoms with Crippen molar-refractivity contribution >= 4 is 11.8 Å². The molecular weight excluding hydrogens is 168 g/mol. The number of nitrogens with one attached hydrogen (secondary N) is 1. The van der Waals surface area contributed by atoms with E-state index in [1.165, 1.54) is 12.2 Å². The van der Waals surface area contributed by atoms with Gasteiger partial charge in [-0.1, -0.05) is 0 Å². The molecule has 0 atom stereocenters. The lowest BCUT2D eigenvalue weighted by Crippen LogP contribution is -2.29. The van der Waals surface area contributed by atoms with E-state index in [4.69, 9.17) is 5.26 Å². The van der Waals surface area contributed by atoms with Crippen LogP contribution in [0.2, 0.25) is 0 Å². The Bertz CT molecular complexity index is 149. The number of hydrogen-bond acceptors (Lipinski definition) is 3. The van der Waals surface area contributed by atoms with Crippen LogP contribution in [-0.4, -0.2) is 25.1 Å². The van der Waals surface area contributed by atoms with Crippen molar-refractivity contribution in [3.63, 3.8) is 0 Å². The van der Waals surface area contributed by atoms with E-state index in [1.807, 2.05) is 25.6 Å². The van der Waals surface area contributed by atoms with E-state index in [0.29, 0.717) is 0 Å². The molecule has 0 saturated heterocycles. The standard InChI is InChI=1S/C9H18N2S/c1-9(2,7-10)8-11-5-4-6-12-3/h11H,4-6,8H2,1-3H3. The predicted molar refractivity (Wildman–Crippen MR) is 55.3 cm³/mol. The molecule has 12 heavy (non-hydrogen) atoms. The van der Waals surface area contributed by atoms with Gasteiger partial charge in [-0.3, -0.25) is 0 Å². The Hall–Kier alpha value is -0.200. The van der Waals surface area contributed by atoms with E-state index in [2.05, 4.69) is 17.6 Å². The first-order valence-electron chi connectivity index (χ1n) is 4.23. The number of rotatable bonds is 6. The first kappa shape index (κ1) is 11.8. The highest BCUT2D eigenvalue weighted by atomic mass is 32.2. The molecule has 0 rings (SSSR count). The monoisotopic (exact) mass is 186 g/mol. The van der Waals surface area contributed by atoms with Crippen molar-refractivity contribution in [1.29, 1.82) is 5.26 Å². The minimum absolute atomic E-state index is 0.223. The summed E-state index contributed by atoms with van der Waals surface area (Å²) in [7, 11) is 0. The highest BCUT2D eigenvalue weighted by Gasteiger charge is 2.14. The molecule has 0 bridgehead atoms. The lowest BCUT2D eigenvalue weighted by atomic mass is 9.96. The predicted octanol–water partition coefficient (Wildman–Crippen LogP) is 1.88. The van der Waals surface area contributed by atoms with Crippen LogP contribution in [0.3, 0.4) is 0 Å². The number of thioether (sulfide) groups is 1. The molecule has 70 valence electrons. The van der Waals surface area contributed by atoms with Crippen LogP contribution >= 0.6 is 11.8 Å². The third-order valence-corrected chi connectivity index (χ3v) is 2.27. The van der Waals surface area contributed by atoms with Gasteiger partial charge in [0.2, 0.25) is 0 Å². The quantitative estimate of drug-likeness (QED) is 0.643. The first-order valence-corrected chi connectivity index (χ1v) is 5.63. The maximum absolute atomic E-state index is 8.70. The Balaban J connectivity index is 3.27. The Morgan fingerprint density at radius 3 is 2.67 bits per heavy atom. The van der Waals surface area contributed by atoms with E-state index in [9.17, 15) is 0 Å². The second-order valence-corrected chi connectivity index (χ2v) is 4.50. The molecule has 0 aromatic heterocycles. The number of nitrogens with zero attached hydrogens (tertiary/aromatic N) is 1. The topological polar surface area (TPSA) is 35.8 Å². The third-order valence-electron chi connectivity index (χ3n) is 1.57. The summed E-state index contributed by atoms with van der Waals surface area (Å²) in [5.41, 5.74) is -0.223. The first-order chi connectivity index (χ1) is 5.62. The summed E-state index contributed by atoms with van der Waals surface area (Å²) in [5.74, 6) is 1.19. The van der Waals surface area contributed by atoms with Crippen molar-refractivity contribution in [2.45, 2.75) is 20.3 Å². The molecule has 1 N–H and O–H groups in total.